The maximum Gasteiger partial charge on any atom is 0.341 e. The molecular weight excluding hydrogens is 382 g/mol. The molecule has 1 unspecified atom stereocenters. The number of fused-ring (bicyclic) bond motifs is 1. The molecule has 1 saturated carbocycles. The molecule has 0 aliphatic heterocycles. The predicted octanol–water partition coefficient (Wildman–Crippen LogP) is 3.69. The van der Waals surface area contributed by atoms with Crippen LogP contribution in [0.2, 0.25) is 0 Å². The van der Waals surface area contributed by atoms with Crippen LogP contribution in [0.25, 0.3) is 10.8 Å². The number of carbonyl (C=O) groups excluding carboxylic acids is 3. The van der Waals surface area contributed by atoms with E-state index in [2.05, 4.69) is 16.7 Å². The molecule has 0 bridgehead atoms. The van der Waals surface area contributed by atoms with Gasteiger partial charge < -0.3 is 15.4 Å². The summed E-state index contributed by atoms with van der Waals surface area (Å²) in [5, 5.41) is 16.6. The van der Waals surface area contributed by atoms with Crippen molar-refractivity contribution >= 4 is 34.2 Å². The van der Waals surface area contributed by atoms with E-state index in [0.717, 1.165) is 30.0 Å². The predicted molar refractivity (Wildman–Crippen MR) is 113 cm³/mol. The number of nitrogens with zero attached hydrogens (tertiary/aromatic N) is 1. The lowest BCUT2D eigenvalue weighted by molar-refractivity contribution is -0.130. The summed E-state index contributed by atoms with van der Waals surface area (Å²) in [5.74, 6) is -1.55. The van der Waals surface area contributed by atoms with E-state index in [1.54, 1.807) is 12.1 Å². The van der Waals surface area contributed by atoms with Crippen LogP contribution in [0.5, 0.6) is 0 Å². The summed E-state index contributed by atoms with van der Waals surface area (Å²) >= 11 is 0. The summed E-state index contributed by atoms with van der Waals surface area (Å²) in [6.07, 6.45) is 2.89. The Labute approximate surface area is 175 Å². The van der Waals surface area contributed by atoms with E-state index in [0.29, 0.717) is 18.5 Å². The van der Waals surface area contributed by atoms with Crippen molar-refractivity contribution in [2.45, 2.75) is 57.6 Å². The minimum atomic E-state index is -1.08. The Morgan fingerprint density at radius 1 is 1.10 bits per heavy atom. The minimum Gasteiger partial charge on any atom is -0.449 e. The van der Waals surface area contributed by atoms with E-state index in [1.807, 2.05) is 24.3 Å². The molecule has 0 radical (unpaired) electrons. The second-order valence-electron chi connectivity index (χ2n) is 7.72. The van der Waals surface area contributed by atoms with E-state index in [9.17, 15) is 19.6 Å². The van der Waals surface area contributed by atoms with Crippen molar-refractivity contribution in [3.8, 4) is 6.07 Å². The number of amides is 2. The van der Waals surface area contributed by atoms with Gasteiger partial charge in [-0.15, -0.1) is 0 Å². The number of rotatable bonds is 5. The zero-order valence-electron chi connectivity index (χ0n) is 17.2. The van der Waals surface area contributed by atoms with Gasteiger partial charge in [-0.25, -0.2) is 4.79 Å². The van der Waals surface area contributed by atoms with Crippen LogP contribution in [-0.4, -0.2) is 29.4 Å². The summed E-state index contributed by atoms with van der Waals surface area (Å²) in [4.78, 5) is 37.0. The fourth-order valence-corrected chi connectivity index (χ4v) is 3.74. The molecule has 1 aliphatic rings. The fraction of sp³-hybridized carbons (Fsp3) is 0.391. The minimum absolute atomic E-state index is 0.163. The standard InChI is InChI=1S/C23H25N3O4/c1-15(21(28)26-23(14-24)10-6-3-7-11-23)30-22(29)19-12-17-8-4-5-9-18(17)13-20(19)25-16(2)27/h4-5,8-9,12-13,15H,3,6-7,10-11H2,1-2H3,(H,25,27)(H,26,28). The van der Waals surface area contributed by atoms with Crippen LogP contribution in [0.15, 0.2) is 36.4 Å². The molecule has 7 nitrogen and oxygen atoms in total. The van der Waals surface area contributed by atoms with E-state index >= 15 is 0 Å². The van der Waals surface area contributed by atoms with E-state index in [1.165, 1.54) is 13.8 Å². The number of hydrogen-bond donors (Lipinski definition) is 2. The Balaban J connectivity index is 1.79. The molecule has 1 atom stereocenters. The summed E-state index contributed by atoms with van der Waals surface area (Å²) < 4.78 is 5.39. The van der Waals surface area contributed by atoms with Gasteiger partial charge in [0, 0.05) is 6.92 Å². The highest BCUT2D eigenvalue weighted by molar-refractivity contribution is 6.06. The van der Waals surface area contributed by atoms with Crippen molar-refractivity contribution in [1.29, 1.82) is 5.26 Å². The van der Waals surface area contributed by atoms with Gasteiger partial charge in [-0.2, -0.15) is 5.26 Å². The summed E-state index contributed by atoms with van der Waals surface area (Å²) in [7, 11) is 0. The van der Waals surface area contributed by atoms with Crippen LogP contribution in [0.3, 0.4) is 0 Å². The van der Waals surface area contributed by atoms with Gasteiger partial charge in [0.15, 0.2) is 6.10 Å². The van der Waals surface area contributed by atoms with Crippen LogP contribution in [0, 0.1) is 11.3 Å². The largest absolute Gasteiger partial charge is 0.449 e. The number of ether oxygens (including phenoxy) is 1. The van der Waals surface area contributed by atoms with Gasteiger partial charge in [-0.1, -0.05) is 43.5 Å². The van der Waals surface area contributed by atoms with E-state index in [-0.39, 0.29) is 11.5 Å². The fourth-order valence-electron chi connectivity index (χ4n) is 3.74. The molecule has 1 fully saturated rings. The number of carbonyl (C=O) groups is 3. The molecule has 1 aliphatic carbocycles. The number of esters is 1. The third kappa shape index (κ3) is 4.77. The van der Waals surface area contributed by atoms with Gasteiger partial charge >= 0.3 is 5.97 Å². The van der Waals surface area contributed by atoms with Gasteiger partial charge in [-0.3, -0.25) is 9.59 Å². The number of hydrogen-bond acceptors (Lipinski definition) is 5. The molecule has 2 N–H and O–H groups in total. The Morgan fingerprint density at radius 3 is 2.33 bits per heavy atom. The zero-order valence-corrected chi connectivity index (χ0v) is 17.2. The van der Waals surface area contributed by atoms with Crippen LogP contribution in [0.1, 0.15) is 56.3 Å². The molecule has 0 saturated heterocycles. The Morgan fingerprint density at radius 2 is 1.73 bits per heavy atom. The monoisotopic (exact) mass is 407 g/mol. The molecule has 0 spiro atoms. The summed E-state index contributed by atoms with van der Waals surface area (Å²) in [6.45, 7) is 2.83. The number of benzene rings is 2. The molecule has 0 heterocycles. The quantitative estimate of drug-likeness (QED) is 0.735. The molecule has 0 aromatic heterocycles. The first-order valence-electron chi connectivity index (χ1n) is 10.1. The van der Waals surface area contributed by atoms with Gasteiger partial charge in [0.1, 0.15) is 5.54 Å². The molecule has 7 heteroatoms. The van der Waals surface area contributed by atoms with Crippen molar-refractivity contribution in [3.05, 3.63) is 42.0 Å². The van der Waals surface area contributed by atoms with Gasteiger partial charge in [0.25, 0.3) is 5.91 Å². The van der Waals surface area contributed by atoms with Crippen molar-refractivity contribution < 1.29 is 19.1 Å². The third-order valence-electron chi connectivity index (χ3n) is 5.35. The topological polar surface area (TPSA) is 108 Å². The Bertz CT molecular complexity index is 1020. The number of anilines is 1. The third-order valence-corrected chi connectivity index (χ3v) is 5.35. The SMILES string of the molecule is CC(=O)Nc1cc2ccccc2cc1C(=O)OC(C)C(=O)NC1(C#N)CCCCC1. The van der Waals surface area contributed by atoms with Crippen molar-refractivity contribution in [2.75, 3.05) is 5.32 Å². The van der Waals surface area contributed by atoms with Crippen LogP contribution < -0.4 is 10.6 Å². The first-order chi connectivity index (χ1) is 14.3. The lowest BCUT2D eigenvalue weighted by Crippen LogP contribution is -2.52. The van der Waals surface area contributed by atoms with Crippen molar-refractivity contribution in [1.82, 2.24) is 5.32 Å². The molecule has 30 heavy (non-hydrogen) atoms. The molecule has 2 aromatic rings. The van der Waals surface area contributed by atoms with Crippen LogP contribution in [-0.2, 0) is 14.3 Å². The second kappa shape index (κ2) is 8.95. The Kier molecular flexibility index (Phi) is 6.36. The average Bonchev–Trinajstić information content (AvgIpc) is 2.73. The molecule has 3 rings (SSSR count). The zero-order chi connectivity index (χ0) is 21.7. The van der Waals surface area contributed by atoms with E-state index < -0.39 is 23.5 Å². The molecule has 2 aromatic carbocycles. The smallest absolute Gasteiger partial charge is 0.341 e. The van der Waals surface area contributed by atoms with Gasteiger partial charge in [0.05, 0.1) is 17.3 Å². The number of nitrogens with one attached hydrogen (secondary N) is 2. The van der Waals surface area contributed by atoms with Crippen LogP contribution in [0.4, 0.5) is 5.69 Å². The maximum absolute atomic E-state index is 12.8. The van der Waals surface area contributed by atoms with Gasteiger partial charge in [-0.05, 0) is 42.7 Å². The lowest BCUT2D eigenvalue weighted by atomic mass is 9.83. The highest BCUT2D eigenvalue weighted by Gasteiger charge is 2.35. The highest BCUT2D eigenvalue weighted by atomic mass is 16.5. The molecular formula is C23H25N3O4. The van der Waals surface area contributed by atoms with Crippen molar-refractivity contribution in [2.24, 2.45) is 0 Å². The summed E-state index contributed by atoms with van der Waals surface area (Å²) in [5.41, 5.74) is -0.420. The Hall–Kier alpha value is -3.40. The van der Waals surface area contributed by atoms with Crippen LogP contribution >= 0.6 is 0 Å². The first-order valence-corrected chi connectivity index (χ1v) is 10.1. The lowest BCUT2D eigenvalue weighted by Gasteiger charge is -2.32. The highest BCUT2D eigenvalue weighted by Crippen LogP contribution is 2.28. The first kappa shape index (κ1) is 21.3. The number of nitriles is 1. The molecule has 2 amide bonds. The summed E-state index contributed by atoms with van der Waals surface area (Å²) in [6, 6.07) is 13.0. The van der Waals surface area contributed by atoms with Gasteiger partial charge in [0.2, 0.25) is 5.91 Å². The van der Waals surface area contributed by atoms with Crippen molar-refractivity contribution in [3.63, 3.8) is 0 Å². The molecule has 156 valence electrons. The van der Waals surface area contributed by atoms with E-state index in [4.69, 9.17) is 4.74 Å². The second-order valence-corrected chi connectivity index (χ2v) is 7.72. The maximum atomic E-state index is 12.8. The normalized spacial score (nSPS) is 16.2. The average molecular weight is 407 g/mol.